The molecule has 4 N–H and O–H groups in total. The molecule has 0 bridgehead atoms. The van der Waals surface area contributed by atoms with Gasteiger partial charge in [0.05, 0.1) is 30.3 Å². The number of hydrogen-bond acceptors (Lipinski definition) is 8. The van der Waals surface area contributed by atoms with E-state index in [4.69, 9.17) is 16.4 Å². The summed E-state index contributed by atoms with van der Waals surface area (Å²) in [7, 11) is 0. The maximum Gasteiger partial charge on any atom is 0.289 e. The Hall–Kier alpha value is -4.26. The molecule has 2 aromatic rings. The normalized spacial score (nSPS) is 21.9. The summed E-state index contributed by atoms with van der Waals surface area (Å²) in [5.41, 5.74) is 0.342. The van der Waals surface area contributed by atoms with Crippen LogP contribution in [0.15, 0.2) is 41.9 Å². The van der Waals surface area contributed by atoms with Gasteiger partial charge in [-0.15, -0.1) is 0 Å². The number of hydrogen-bond donors (Lipinski definition) is 4. The van der Waals surface area contributed by atoms with Crippen LogP contribution in [0.5, 0.6) is 0 Å². The first-order valence-corrected chi connectivity index (χ1v) is 17.9. The minimum absolute atomic E-state index is 0.0129. The van der Waals surface area contributed by atoms with E-state index in [1.54, 1.807) is 24.7 Å². The number of rotatable bonds is 14. The number of carbonyl (C=O) groups excluding carboxylic acids is 5. The Morgan fingerprint density at radius 2 is 1.90 bits per heavy atom. The number of carbonyl (C=O) groups is 5. The lowest BCUT2D eigenvalue weighted by Crippen LogP contribution is -2.59. The van der Waals surface area contributed by atoms with E-state index in [0.29, 0.717) is 36.4 Å². The zero-order chi connectivity index (χ0) is 36.2. The van der Waals surface area contributed by atoms with Crippen molar-refractivity contribution in [1.29, 1.82) is 0 Å². The van der Waals surface area contributed by atoms with Crippen molar-refractivity contribution in [3.63, 3.8) is 0 Å². The molecule has 3 heterocycles. The highest BCUT2D eigenvalue weighted by Gasteiger charge is 2.55. The van der Waals surface area contributed by atoms with Gasteiger partial charge >= 0.3 is 0 Å². The number of halogens is 1. The van der Waals surface area contributed by atoms with E-state index in [9.17, 15) is 24.0 Å². The van der Waals surface area contributed by atoms with Gasteiger partial charge < -0.3 is 30.7 Å². The molecule has 270 valence electrons. The van der Waals surface area contributed by atoms with Crippen LogP contribution in [0.25, 0.3) is 0 Å². The van der Waals surface area contributed by atoms with E-state index in [-0.39, 0.29) is 31.3 Å². The molecular weight excluding hydrogens is 662 g/mol. The maximum absolute atomic E-state index is 14.7. The van der Waals surface area contributed by atoms with Crippen molar-refractivity contribution in [2.24, 2.45) is 16.5 Å². The number of Topliss-reactive ketones (excluding diaryl/α,β-unsaturated/α-hetero) is 1. The van der Waals surface area contributed by atoms with Crippen LogP contribution >= 0.6 is 11.6 Å². The smallest absolute Gasteiger partial charge is 0.289 e. The van der Waals surface area contributed by atoms with E-state index in [0.717, 1.165) is 24.1 Å². The monoisotopic (exact) mass is 709 g/mol. The molecule has 4 amide bonds. The number of likely N-dealkylation sites (tertiary alicyclic amines) is 1. The summed E-state index contributed by atoms with van der Waals surface area (Å²) < 4.78 is 0. The molecule has 1 spiro atoms. The fourth-order valence-electron chi connectivity index (χ4n) is 6.57. The molecule has 2 fully saturated rings. The van der Waals surface area contributed by atoms with E-state index < -0.39 is 58.6 Å². The average Bonchev–Trinajstić information content (AvgIpc) is 3.42. The fraction of sp³-hybridized carbons (Fsp3) is 0.583. The summed E-state index contributed by atoms with van der Waals surface area (Å²) in [5.74, 6) is -3.21. The van der Waals surface area contributed by atoms with Crippen LogP contribution in [-0.4, -0.2) is 86.3 Å². The molecule has 50 heavy (non-hydrogen) atoms. The van der Waals surface area contributed by atoms with Gasteiger partial charge in [0.2, 0.25) is 23.5 Å². The first-order valence-electron chi connectivity index (χ1n) is 17.5. The van der Waals surface area contributed by atoms with Gasteiger partial charge in [-0.2, -0.15) is 0 Å². The highest BCUT2D eigenvalue weighted by atomic mass is 35.5. The van der Waals surface area contributed by atoms with E-state index >= 15 is 0 Å². The second-order valence-corrected chi connectivity index (χ2v) is 15.3. The Bertz CT molecular complexity index is 1620. The van der Waals surface area contributed by atoms with Crippen molar-refractivity contribution >= 4 is 46.7 Å². The number of benzene rings is 1. The molecule has 1 saturated heterocycles. The number of nitrogens with zero attached hydrogens (tertiary/aromatic N) is 3. The molecule has 5 rings (SSSR count). The van der Waals surface area contributed by atoms with E-state index in [2.05, 4.69) is 31.1 Å². The van der Waals surface area contributed by atoms with Crippen molar-refractivity contribution in [3.05, 3.63) is 53.1 Å². The molecule has 1 aliphatic carbocycles. The van der Waals surface area contributed by atoms with Crippen LogP contribution in [0, 0.1) is 11.3 Å². The lowest BCUT2D eigenvalue weighted by molar-refractivity contribution is -0.145. The number of H-pyrrole nitrogens is 1. The van der Waals surface area contributed by atoms with Crippen molar-refractivity contribution in [2.45, 2.75) is 116 Å². The SMILES string of the molecule is CCC[C@H](NC(=O)[C@@H]1C[C@]2(CC(c3cccc(Cl)c3)=NO2)CN1C(=O)[C@@H](NC(=O)[C@@H](CC)Cc1c[nH]cn1)C(C)(C)C)C(=O)C(=O)NC1CC1. The van der Waals surface area contributed by atoms with Crippen LogP contribution in [0.1, 0.15) is 90.8 Å². The quantitative estimate of drug-likeness (QED) is 0.217. The summed E-state index contributed by atoms with van der Waals surface area (Å²) in [5, 5.41) is 13.4. The molecular formula is C36H48ClN7O6. The van der Waals surface area contributed by atoms with Crippen LogP contribution in [0.3, 0.4) is 0 Å². The minimum Gasteiger partial charge on any atom is -0.387 e. The predicted molar refractivity (Wildman–Crippen MR) is 187 cm³/mol. The Balaban J connectivity index is 1.41. The van der Waals surface area contributed by atoms with Crippen LogP contribution in [0.4, 0.5) is 0 Å². The molecule has 5 atom stereocenters. The fourth-order valence-corrected chi connectivity index (χ4v) is 6.76. The van der Waals surface area contributed by atoms with Crippen LogP contribution < -0.4 is 16.0 Å². The van der Waals surface area contributed by atoms with Crippen LogP contribution in [-0.2, 0) is 35.2 Å². The van der Waals surface area contributed by atoms with E-state index in [1.807, 2.05) is 46.8 Å². The molecule has 0 unspecified atom stereocenters. The summed E-state index contributed by atoms with van der Waals surface area (Å²) in [6.07, 6.45) is 7.03. The van der Waals surface area contributed by atoms with Gasteiger partial charge in [-0.1, -0.05) is 69.9 Å². The number of nitrogens with one attached hydrogen (secondary N) is 4. The standard InChI is InChI=1S/C36H48ClN7O6/c1-6-9-26(29(45)33(48)40-24-12-13-24)41-32(47)28-17-36(16-27(43-50-36)22-10-8-11-23(37)14-22)19-44(28)34(49)30(35(3,4)5)42-31(46)21(7-2)15-25-18-38-20-39-25/h8,10-11,14,18,20-21,24,26,28,30H,6-7,9,12-13,15-17,19H2,1-5H3,(H,38,39)(H,40,48)(H,41,47)(H,42,46)/t21-,26-,28-,30+,36+/m0/s1. The third kappa shape index (κ3) is 8.72. The number of imidazole rings is 1. The minimum atomic E-state index is -1.07. The van der Waals surface area contributed by atoms with Gasteiger partial charge in [-0.05, 0) is 43.2 Å². The predicted octanol–water partition coefficient (Wildman–Crippen LogP) is 3.46. The largest absolute Gasteiger partial charge is 0.387 e. The van der Waals surface area contributed by atoms with Crippen LogP contribution in [0.2, 0.25) is 5.02 Å². The first kappa shape index (κ1) is 37.0. The van der Waals surface area contributed by atoms with Crippen molar-refractivity contribution in [1.82, 2.24) is 30.8 Å². The highest BCUT2D eigenvalue weighted by Crippen LogP contribution is 2.40. The van der Waals surface area contributed by atoms with Crippen molar-refractivity contribution < 1.29 is 28.8 Å². The van der Waals surface area contributed by atoms with Gasteiger partial charge in [0, 0.05) is 48.0 Å². The average molecular weight is 710 g/mol. The number of aromatic nitrogens is 2. The molecule has 13 nitrogen and oxygen atoms in total. The molecule has 1 saturated carbocycles. The van der Waals surface area contributed by atoms with Gasteiger partial charge in [-0.25, -0.2) is 4.98 Å². The molecule has 0 radical (unpaired) electrons. The maximum atomic E-state index is 14.7. The highest BCUT2D eigenvalue weighted by molar-refractivity contribution is 6.38. The zero-order valence-electron chi connectivity index (χ0n) is 29.4. The Morgan fingerprint density at radius 3 is 2.52 bits per heavy atom. The number of aromatic amines is 1. The summed E-state index contributed by atoms with van der Waals surface area (Å²) in [6.45, 7) is 9.34. The van der Waals surface area contributed by atoms with Gasteiger partial charge in [0.15, 0.2) is 5.60 Å². The topological polar surface area (TPSA) is 175 Å². The number of amides is 4. The summed E-state index contributed by atoms with van der Waals surface area (Å²) >= 11 is 6.25. The Labute approximate surface area is 297 Å². The number of ketones is 1. The summed E-state index contributed by atoms with van der Waals surface area (Å²) in [4.78, 5) is 83.1. The molecule has 14 heteroatoms. The molecule has 1 aromatic carbocycles. The first-order chi connectivity index (χ1) is 23.7. The molecule has 3 aliphatic rings. The van der Waals surface area contributed by atoms with Gasteiger partial charge in [0.25, 0.3) is 5.91 Å². The zero-order valence-corrected chi connectivity index (χ0v) is 30.1. The Kier molecular flexibility index (Phi) is 11.3. The second-order valence-electron chi connectivity index (χ2n) is 14.8. The van der Waals surface area contributed by atoms with Crippen molar-refractivity contribution in [2.75, 3.05) is 6.54 Å². The second kappa shape index (κ2) is 15.3. The summed E-state index contributed by atoms with van der Waals surface area (Å²) in [6, 6.07) is 4.05. The third-order valence-electron chi connectivity index (χ3n) is 9.60. The molecule has 1 aromatic heterocycles. The van der Waals surface area contributed by atoms with Gasteiger partial charge in [-0.3, -0.25) is 24.0 Å². The van der Waals surface area contributed by atoms with Crippen molar-refractivity contribution in [3.8, 4) is 0 Å². The lowest BCUT2D eigenvalue weighted by atomic mass is 9.84. The molecule has 2 aliphatic heterocycles. The van der Waals surface area contributed by atoms with E-state index in [1.165, 1.54) is 4.90 Å². The Morgan fingerprint density at radius 1 is 1.14 bits per heavy atom. The van der Waals surface area contributed by atoms with Gasteiger partial charge in [0.1, 0.15) is 12.1 Å². The third-order valence-corrected chi connectivity index (χ3v) is 9.84. The lowest BCUT2D eigenvalue weighted by Gasteiger charge is -2.36. The number of oxime groups is 1.